The van der Waals surface area contributed by atoms with Crippen LogP contribution in [0.3, 0.4) is 0 Å². The Hall–Kier alpha value is -0.350. The summed E-state index contributed by atoms with van der Waals surface area (Å²) in [4.78, 5) is 0. The molecule has 1 heteroatoms. The lowest BCUT2D eigenvalue weighted by Gasteiger charge is -1.77. The van der Waals surface area contributed by atoms with Crippen LogP contribution in [-0.2, 0) is 0 Å². The van der Waals surface area contributed by atoms with E-state index in [0.29, 0.717) is 0 Å². The molecule has 0 fully saturated rings. The third kappa shape index (κ3) is 5.65. The summed E-state index contributed by atoms with van der Waals surface area (Å²) in [5, 5.41) is 2.01. The average molecular weight is 126 g/mol. The number of hydrogen-bond donors (Lipinski definition) is 0. The van der Waals surface area contributed by atoms with Gasteiger partial charge in [0.2, 0.25) is 0 Å². The van der Waals surface area contributed by atoms with Crippen molar-refractivity contribution in [3.8, 4) is 11.8 Å². The van der Waals surface area contributed by atoms with E-state index in [1.54, 1.807) is 11.8 Å². The topological polar surface area (TPSA) is 0 Å². The zero-order valence-electron chi connectivity index (χ0n) is 5.27. The van der Waals surface area contributed by atoms with Gasteiger partial charge in [0, 0.05) is 0 Å². The molecular weight excluding hydrogens is 116 g/mol. The molecule has 0 nitrogen and oxygen atoms in total. The molecule has 0 unspecified atom stereocenters. The second kappa shape index (κ2) is 6.65. The van der Waals surface area contributed by atoms with Gasteiger partial charge in [0.1, 0.15) is 0 Å². The molecule has 8 heavy (non-hydrogen) atoms. The Morgan fingerprint density at radius 2 is 2.38 bits per heavy atom. The molecule has 0 aliphatic heterocycles. The highest BCUT2D eigenvalue weighted by molar-refractivity contribution is 8.02. The van der Waals surface area contributed by atoms with Crippen molar-refractivity contribution in [1.29, 1.82) is 0 Å². The third-order valence-electron chi connectivity index (χ3n) is 0.559. The lowest BCUT2D eigenvalue weighted by atomic mass is 10.6. The highest BCUT2D eigenvalue weighted by Crippen LogP contribution is 1.97. The fourth-order valence-corrected chi connectivity index (χ4v) is 0.618. The lowest BCUT2D eigenvalue weighted by molar-refractivity contribution is 1.54. The molecule has 0 N–H and O–H groups in total. The third-order valence-corrected chi connectivity index (χ3v) is 1.22. The van der Waals surface area contributed by atoms with Gasteiger partial charge >= 0.3 is 0 Å². The number of thioether (sulfide) groups is 1. The van der Waals surface area contributed by atoms with Crippen LogP contribution < -0.4 is 0 Å². The van der Waals surface area contributed by atoms with Gasteiger partial charge in [0.15, 0.2) is 0 Å². The molecule has 44 valence electrons. The van der Waals surface area contributed by atoms with Crippen molar-refractivity contribution < 1.29 is 0 Å². The summed E-state index contributed by atoms with van der Waals surface area (Å²) < 4.78 is 0. The van der Waals surface area contributed by atoms with Crippen LogP contribution in [0.1, 0.15) is 13.8 Å². The Labute approximate surface area is 55.4 Å². The van der Waals surface area contributed by atoms with Gasteiger partial charge in [0.25, 0.3) is 0 Å². The zero-order chi connectivity index (χ0) is 6.24. The zero-order valence-corrected chi connectivity index (χ0v) is 6.09. The maximum atomic E-state index is 2.83. The summed E-state index contributed by atoms with van der Waals surface area (Å²) in [7, 11) is 0. The second-order valence-corrected chi connectivity index (χ2v) is 2.34. The quantitative estimate of drug-likeness (QED) is 0.511. The molecule has 0 heterocycles. The highest BCUT2D eigenvalue weighted by Gasteiger charge is 1.66. The van der Waals surface area contributed by atoms with Gasteiger partial charge in [-0.2, -0.15) is 0 Å². The van der Waals surface area contributed by atoms with E-state index in [2.05, 4.69) is 18.8 Å². The van der Waals surface area contributed by atoms with Gasteiger partial charge in [-0.1, -0.05) is 12.8 Å². The Morgan fingerprint density at radius 1 is 1.62 bits per heavy atom. The van der Waals surface area contributed by atoms with E-state index in [-0.39, 0.29) is 0 Å². The Bertz CT molecular complexity index is 114. The molecule has 0 aliphatic rings. The van der Waals surface area contributed by atoms with E-state index in [0.717, 1.165) is 5.75 Å². The molecule has 0 atom stereocenters. The highest BCUT2D eigenvalue weighted by atomic mass is 32.2. The first-order valence-electron chi connectivity index (χ1n) is 2.60. The summed E-state index contributed by atoms with van der Waals surface area (Å²) in [6.07, 6.45) is 1.87. The fourth-order valence-electron chi connectivity index (χ4n) is 0.262. The normalized spacial score (nSPS) is 8.75. The van der Waals surface area contributed by atoms with Crippen molar-refractivity contribution in [3.63, 3.8) is 0 Å². The Morgan fingerprint density at radius 3 is 2.88 bits per heavy atom. The minimum Gasteiger partial charge on any atom is -0.134 e. The van der Waals surface area contributed by atoms with Crippen molar-refractivity contribution in [2.75, 3.05) is 5.75 Å². The minimum absolute atomic E-state index is 1.13. The van der Waals surface area contributed by atoms with E-state index >= 15 is 0 Å². The standard InChI is InChI=1S/C7H10S/c1-3-5-6-7-8-4-2/h6-7H,4H2,1-2H3/b7-6+. The van der Waals surface area contributed by atoms with Crippen molar-refractivity contribution in [3.05, 3.63) is 11.5 Å². The van der Waals surface area contributed by atoms with Gasteiger partial charge in [0.05, 0.1) is 0 Å². The van der Waals surface area contributed by atoms with E-state index < -0.39 is 0 Å². The molecule has 0 saturated heterocycles. The minimum atomic E-state index is 1.13. The largest absolute Gasteiger partial charge is 0.134 e. The SMILES string of the molecule is CC#C/C=C/SCC. The van der Waals surface area contributed by atoms with E-state index in [1.165, 1.54) is 0 Å². The summed E-state index contributed by atoms with van der Waals surface area (Å²) in [6, 6.07) is 0. The molecule has 0 saturated carbocycles. The van der Waals surface area contributed by atoms with Crippen LogP contribution in [0.5, 0.6) is 0 Å². The molecule has 0 aromatic rings. The van der Waals surface area contributed by atoms with Crippen LogP contribution in [0.2, 0.25) is 0 Å². The first kappa shape index (κ1) is 7.65. The summed E-state index contributed by atoms with van der Waals surface area (Å²) in [5.41, 5.74) is 0. The Kier molecular flexibility index (Phi) is 6.36. The number of allylic oxidation sites excluding steroid dienone is 1. The van der Waals surface area contributed by atoms with Crippen molar-refractivity contribution >= 4 is 11.8 Å². The predicted octanol–water partition coefficient (Wildman–Crippen LogP) is 2.28. The van der Waals surface area contributed by atoms with Gasteiger partial charge < -0.3 is 0 Å². The first-order chi connectivity index (χ1) is 3.91. The first-order valence-corrected chi connectivity index (χ1v) is 3.65. The maximum absolute atomic E-state index is 2.83. The molecule has 0 spiro atoms. The molecule has 0 bridgehead atoms. The van der Waals surface area contributed by atoms with Crippen molar-refractivity contribution in [2.24, 2.45) is 0 Å². The van der Waals surface area contributed by atoms with Gasteiger partial charge in [-0.15, -0.1) is 17.7 Å². The van der Waals surface area contributed by atoms with Crippen LogP contribution in [0.4, 0.5) is 0 Å². The van der Waals surface area contributed by atoms with Crippen molar-refractivity contribution in [1.82, 2.24) is 0 Å². The maximum Gasteiger partial charge on any atom is -0.00235 e. The lowest BCUT2D eigenvalue weighted by Crippen LogP contribution is -1.55. The number of hydrogen-bond acceptors (Lipinski definition) is 1. The molecule has 0 radical (unpaired) electrons. The smallest absolute Gasteiger partial charge is 0.00235 e. The molecular formula is C7H10S. The monoisotopic (exact) mass is 126 g/mol. The molecule has 0 rings (SSSR count). The molecule has 0 aromatic heterocycles. The molecule has 0 aromatic carbocycles. The summed E-state index contributed by atoms with van der Waals surface area (Å²) in [6.45, 7) is 3.95. The summed E-state index contributed by atoms with van der Waals surface area (Å²) in [5.74, 6) is 6.74. The van der Waals surface area contributed by atoms with E-state index in [1.807, 2.05) is 18.4 Å². The van der Waals surface area contributed by atoms with Crippen LogP contribution >= 0.6 is 11.8 Å². The fraction of sp³-hybridized carbons (Fsp3) is 0.429. The van der Waals surface area contributed by atoms with E-state index in [4.69, 9.17) is 0 Å². The van der Waals surface area contributed by atoms with E-state index in [9.17, 15) is 0 Å². The van der Waals surface area contributed by atoms with Crippen LogP contribution in [-0.4, -0.2) is 5.75 Å². The molecule has 0 aliphatic carbocycles. The van der Waals surface area contributed by atoms with Crippen LogP contribution in [0.15, 0.2) is 11.5 Å². The molecule has 0 amide bonds. The van der Waals surface area contributed by atoms with Gasteiger partial charge in [-0.25, -0.2) is 0 Å². The predicted molar refractivity (Wildman–Crippen MR) is 40.7 cm³/mol. The van der Waals surface area contributed by atoms with Crippen molar-refractivity contribution in [2.45, 2.75) is 13.8 Å². The van der Waals surface area contributed by atoms with Crippen LogP contribution in [0.25, 0.3) is 0 Å². The average Bonchev–Trinajstić information content (AvgIpc) is 1.81. The van der Waals surface area contributed by atoms with Gasteiger partial charge in [-0.3, -0.25) is 0 Å². The Balaban J connectivity index is 3.16. The van der Waals surface area contributed by atoms with Gasteiger partial charge in [-0.05, 0) is 24.2 Å². The second-order valence-electron chi connectivity index (χ2n) is 1.15. The van der Waals surface area contributed by atoms with Crippen LogP contribution in [0, 0.1) is 11.8 Å². The summed E-state index contributed by atoms with van der Waals surface area (Å²) >= 11 is 1.76. The number of rotatable bonds is 2.